The molecule has 3 aromatic rings. The lowest BCUT2D eigenvalue weighted by molar-refractivity contribution is 0.0949. The Morgan fingerprint density at radius 2 is 1.96 bits per heavy atom. The number of carbonyl (C=O) groups excluding carboxylic acids is 2. The summed E-state index contributed by atoms with van der Waals surface area (Å²) in [4.78, 5) is 25.5. The molecular formula is C21H19FN2O3S. The number of hydrogen-bond donors (Lipinski definition) is 2. The number of ether oxygens (including phenoxy) is 1. The molecule has 7 heteroatoms. The summed E-state index contributed by atoms with van der Waals surface area (Å²) in [5.74, 6) is -0.881. The summed E-state index contributed by atoms with van der Waals surface area (Å²) >= 11 is 1.22. The summed E-state index contributed by atoms with van der Waals surface area (Å²) in [6.07, 6.45) is 2.01. The quantitative estimate of drug-likeness (QED) is 0.649. The summed E-state index contributed by atoms with van der Waals surface area (Å²) in [5.41, 5.74) is 1.53. The maximum absolute atomic E-state index is 14.3. The Hall–Kier alpha value is -2.77. The van der Waals surface area contributed by atoms with Crippen LogP contribution < -0.4 is 10.6 Å². The molecule has 0 bridgehead atoms. The molecule has 1 aliphatic carbocycles. The molecule has 2 N–H and O–H groups in total. The molecule has 28 heavy (non-hydrogen) atoms. The van der Waals surface area contributed by atoms with Crippen LogP contribution in [0.3, 0.4) is 0 Å². The van der Waals surface area contributed by atoms with Crippen molar-refractivity contribution in [2.45, 2.75) is 25.5 Å². The van der Waals surface area contributed by atoms with Gasteiger partial charge in [0, 0.05) is 40.1 Å². The summed E-state index contributed by atoms with van der Waals surface area (Å²) in [5, 5.41) is 6.15. The van der Waals surface area contributed by atoms with Crippen LogP contribution in [0.4, 0.5) is 10.1 Å². The van der Waals surface area contributed by atoms with Crippen LogP contribution in [0, 0.1) is 5.82 Å². The Morgan fingerprint density at radius 3 is 2.71 bits per heavy atom. The number of amides is 2. The number of rotatable bonds is 6. The van der Waals surface area contributed by atoms with E-state index in [9.17, 15) is 14.0 Å². The first-order valence-electron chi connectivity index (χ1n) is 8.98. The SMILES string of the molecule is COCc1c(C(=O)Nc2cccc(C(=O)NC3CC3)c2)sc2cccc(F)c12. The van der Waals surface area contributed by atoms with Crippen molar-refractivity contribution in [3.63, 3.8) is 0 Å². The molecule has 2 amide bonds. The smallest absolute Gasteiger partial charge is 0.266 e. The minimum atomic E-state index is -0.376. The van der Waals surface area contributed by atoms with Crippen molar-refractivity contribution < 1.29 is 18.7 Å². The molecule has 2 aromatic carbocycles. The van der Waals surface area contributed by atoms with E-state index in [0.717, 1.165) is 12.8 Å². The Morgan fingerprint density at radius 1 is 1.18 bits per heavy atom. The van der Waals surface area contributed by atoms with Crippen LogP contribution in [0.25, 0.3) is 10.1 Å². The van der Waals surface area contributed by atoms with Crippen molar-refractivity contribution in [3.8, 4) is 0 Å². The molecule has 0 spiro atoms. The first-order valence-corrected chi connectivity index (χ1v) is 9.79. The van der Waals surface area contributed by atoms with Crippen LogP contribution >= 0.6 is 11.3 Å². The number of anilines is 1. The van der Waals surface area contributed by atoms with Gasteiger partial charge in [-0.3, -0.25) is 9.59 Å². The van der Waals surface area contributed by atoms with Gasteiger partial charge in [0.15, 0.2) is 0 Å². The lowest BCUT2D eigenvalue weighted by Crippen LogP contribution is -2.25. The third-order valence-corrected chi connectivity index (χ3v) is 5.75. The van der Waals surface area contributed by atoms with Gasteiger partial charge in [0.25, 0.3) is 11.8 Å². The molecule has 0 aliphatic heterocycles. The molecule has 0 unspecified atom stereocenters. The number of nitrogens with one attached hydrogen (secondary N) is 2. The van der Waals surface area contributed by atoms with Gasteiger partial charge in [0.2, 0.25) is 0 Å². The van der Waals surface area contributed by atoms with Gasteiger partial charge in [-0.2, -0.15) is 0 Å². The van der Waals surface area contributed by atoms with Crippen molar-refractivity contribution in [2.75, 3.05) is 12.4 Å². The predicted molar refractivity (Wildman–Crippen MR) is 107 cm³/mol. The number of fused-ring (bicyclic) bond motifs is 1. The minimum Gasteiger partial charge on any atom is -0.380 e. The average Bonchev–Trinajstić information content (AvgIpc) is 3.41. The highest BCUT2D eigenvalue weighted by atomic mass is 32.1. The monoisotopic (exact) mass is 398 g/mol. The number of hydrogen-bond acceptors (Lipinski definition) is 4. The maximum atomic E-state index is 14.3. The second-order valence-electron chi connectivity index (χ2n) is 6.74. The normalized spacial score (nSPS) is 13.5. The Bertz CT molecular complexity index is 1060. The van der Waals surface area contributed by atoms with E-state index in [2.05, 4.69) is 10.6 Å². The molecule has 144 valence electrons. The molecule has 1 aromatic heterocycles. The van der Waals surface area contributed by atoms with E-state index in [1.807, 2.05) is 0 Å². The summed E-state index contributed by atoms with van der Waals surface area (Å²) < 4.78 is 20.2. The lowest BCUT2D eigenvalue weighted by atomic mass is 10.1. The highest BCUT2D eigenvalue weighted by Gasteiger charge is 2.24. The standard InChI is InChI=1S/C21H19FN2O3S/c1-27-11-15-18-16(22)6-3-7-17(18)28-19(15)21(26)24-14-5-2-4-12(10-14)20(25)23-13-8-9-13/h2-7,10,13H,8-9,11H2,1H3,(H,23,25)(H,24,26). The van der Waals surface area contributed by atoms with Gasteiger partial charge in [0.05, 0.1) is 11.5 Å². The zero-order chi connectivity index (χ0) is 19.7. The van der Waals surface area contributed by atoms with Crippen LogP contribution in [-0.2, 0) is 11.3 Å². The number of methoxy groups -OCH3 is 1. The van der Waals surface area contributed by atoms with E-state index in [1.54, 1.807) is 36.4 Å². The van der Waals surface area contributed by atoms with Crippen molar-refractivity contribution in [1.82, 2.24) is 5.32 Å². The summed E-state index contributed by atoms with van der Waals surface area (Å²) in [6, 6.07) is 11.8. The molecule has 5 nitrogen and oxygen atoms in total. The van der Waals surface area contributed by atoms with Crippen molar-refractivity contribution >= 4 is 38.9 Å². The fourth-order valence-corrected chi connectivity index (χ4v) is 4.17. The largest absolute Gasteiger partial charge is 0.380 e. The van der Waals surface area contributed by atoms with E-state index in [4.69, 9.17) is 4.74 Å². The molecule has 1 heterocycles. The first-order chi connectivity index (χ1) is 13.6. The van der Waals surface area contributed by atoms with Gasteiger partial charge in [-0.05, 0) is 43.2 Å². The van der Waals surface area contributed by atoms with Gasteiger partial charge < -0.3 is 15.4 Å². The zero-order valence-electron chi connectivity index (χ0n) is 15.3. The fraction of sp³-hybridized carbons (Fsp3) is 0.238. The van der Waals surface area contributed by atoms with Crippen LogP contribution in [-0.4, -0.2) is 25.0 Å². The number of carbonyl (C=O) groups is 2. The van der Waals surface area contributed by atoms with E-state index in [1.165, 1.54) is 24.5 Å². The molecule has 1 fully saturated rings. The van der Waals surface area contributed by atoms with E-state index in [0.29, 0.717) is 31.8 Å². The van der Waals surface area contributed by atoms with Crippen molar-refractivity contribution in [1.29, 1.82) is 0 Å². The van der Waals surface area contributed by atoms with Gasteiger partial charge in [-0.1, -0.05) is 12.1 Å². The third-order valence-electron chi connectivity index (χ3n) is 4.55. The molecule has 4 rings (SSSR count). The van der Waals surface area contributed by atoms with E-state index in [-0.39, 0.29) is 30.3 Å². The van der Waals surface area contributed by atoms with Crippen LogP contribution in [0.2, 0.25) is 0 Å². The van der Waals surface area contributed by atoms with Gasteiger partial charge in [-0.25, -0.2) is 4.39 Å². The zero-order valence-corrected chi connectivity index (χ0v) is 16.1. The molecule has 0 saturated heterocycles. The minimum absolute atomic E-state index is 0.132. The van der Waals surface area contributed by atoms with Crippen LogP contribution in [0.5, 0.6) is 0 Å². The summed E-state index contributed by atoms with van der Waals surface area (Å²) in [7, 11) is 1.51. The number of thiophene rings is 1. The second-order valence-corrected chi connectivity index (χ2v) is 7.79. The van der Waals surface area contributed by atoms with E-state index < -0.39 is 0 Å². The molecule has 1 saturated carbocycles. The average molecular weight is 398 g/mol. The molecule has 1 aliphatic rings. The Labute approximate surface area is 165 Å². The van der Waals surface area contributed by atoms with E-state index >= 15 is 0 Å². The van der Waals surface area contributed by atoms with Crippen LogP contribution in [0.15, 0.2) is 42.5 Å². The predicted octanol–water partition coefficient (Wildman–Crippen LogP) is 4.33. The van der Waals surface area contributed by atoms with Crippen molar-refractivity contribution in [3.05, 3.63) is 64.3 Å². The Balaban J connectivity index is 1.61. The topological polar surface area (TPSA) is 67.4 Å². The maximum Gasteiger partial charge on any atom is 0.266 e. The fourth-order valence-electron chi connectivity index (χ4n) is 3.06. The number of benzene rings is 2. The van der Waals surface area contributed by atoms with Gasteiger partial charge in [0.1, 0.15) is 5.82 Å². The van der Waals surface area contributed by atoms with Gasteiger partial charge >= 0.3 is 0 Å². The van der Waals surface area contributed by atoms with Crippen molar-refractivity contribution in [2.24, 2.45) is 0 Å². The number of halogens is 1. The summed E-state index contributed by atoms with van der Waals surface area (Å²) in [6.45, 7) is 0.132. The molecule has 0 atom stereocenters. The van der Waals surface area contributed by atoms with Gasteiger partial charge in [-0.15, -0.1) is 11.3 Å². The third kappa shape index (κ3) is 3.76. The molecular weight excluding hydrogens is 379 g/mol. The van der Waals surface area contributed by atoms with Crippen LogP contribution in [0.1, 0.15) is 38.4 Å². The highest BCUT2D eigenvalue weighted by Crippen LogP contribution is 2.34. The second kappa shape index (κ2) is 7.69. The molecule has 0 radical (unpaired) electrons. The highest BCUT2D eigenvalue weighted by molar-refractivity contribution is 7.21. The Kier molecular flexibility index (Phi) is 5.11. The lowest BCUT2D eigenvalue weighted by Gasteiger charge is -2.08. The first kappa shape index (κ1) is 18.6.